The fourth-order valence-electron chi connectivity index (χ4n) is 1.95. The fourth-order valence-corrected chi connectivity index (χ4v) is 1.95. The van der Waals surface area contributed by atoms with Gasteiger partial charge in [0, 0.05) is 24.8 Å². The van der Waals surface area contributed by atoms with Gasteiger partial charge in [0.2, 0.25) is 0 Å². The van der Waals surface area contributed by atoms with Crippen LogP contribution in [-0.2, 0) is 0 Å². The predicted octanol–water partition coefficient (Wildman–Crippen LogP) is -0.813. The lowest BCUT2D eigenvalue weighted by molar-refractivity contribution is 0.0454. The zero-order valence-corrected chi connectivity index (χ0v) is 9.90. The Labute approximate surface area is 109 Å². The summed E-state index contributed by atoms with van der Waals surface area (Å²) in [5.41, 5.74) is 0. The molecule has 0 radical (unpaired) electrons. The number of aliphatic hydroxyl groups excluding tert-OH is 2. The highest BCUT2D eigenvalue weighted by Gasteiger charge is 2.39. The van der Waals surface area contributed by atoms with Crippen LogP contribution in [0.4, 0.5) is 11.6 Å². The van der Waals surface area contributed by atoms with Crippen LogP contribution in [0.1, 0.15) is 0 Å². The van der Waals surface area contributed by atoms with Crippen LogP contribution >= 0.6 is 0 Å². The molecule has 1 aliphatic heterocycles. The molecule has 1 saturated heterocycles. The van der Waals surface area contributed by atoms with Crippen LogP contribution < -0.4 is 9.80 Å². The first-order valence-electron chi connectivity index (χ1n) is 5.69. The monoisotopic (exact) mass is 260 g/mol. The van der Waals surface area contributed by atoms with Crippen LogP contribution in [-0.4, -0.2) is 49.3 Å². The highest BCUT2D eigenvalue weighted by Crippen LogP contribution is 2.25. The topological polar surface area (TPSA) is 98.5 Å². The van der Waals surface area contributed by atoms with E-state index in [1.165, 1.54) is 34.6 Å². The van der Waals surface area contributed by atoms with Gasteiger partial charge in [-0.2, -0.15) is 0 Å². The normalized spacial score (nSPS) is 22.8. The van der Waals surface area contributed by atoms with Crippen LogP contribution in [0.3, 0.4) is 0 Å². The highest BCUT2D eigenvalue weighted by atomic mass is 16.4. The Kier molecular flexibility index (Phi) is 2.94. The maximum atomic E-state index is 10.1. The minimum absolute atomic E-state index is 0.250. The maximum Gasteiger partial charge on any atom is 0.175 e. The van der Waals surface area contributed by atoms with Crippen molar-refractivity contribution in [2.45, 2.75) is 12.5 Å². The van der Waals surface area contributed by atoms with Gasteiger partial charge < -0.3 is 20.0 Å². The first-order chi connectivity index (χ1) is 9.27. The molecule has 19 heavy (non-hydrogen) atoms. The second kappa shape index (κ2) is 4.75. The third-order valence-electron chi connectivity index (χ3n) is 2.90. The van der Waals surface area contributed by atoms with Crippen molar-refractivity contribution in [3.63, 3.8) is 0 Å². The SMILES string of the molecule is OC1C(O)N(c2cnccn2)CN1c1cnccn1. The number of hydrogen-bond donors (Lipinski definition) is 2. The van der Waals surface area contributed by atoms with Crippen molar-refractivity contribution in [2.75, 3.05) is 16.5 Å². The van der Waals surface area contributed by atoms with Gasteiger partial charge in [0.05, 0.1) is 19.1 Å². The number of rotatable bonds is 2. The molecule has 2 aromatic rings. The minimum atomic E-state index is -1.10. The second-order valence-electron chi connectivity index (χ2n) is 4.04. The molecule has 0 aromatic carbocycles. The van der Waals surface area contributed by atoms with Crippen molar-refractivity contribution < 1.29 is 10.2 Å². The average molecular weight is 260 g/mol. The van der Waals surface area contributed by atoms with Crippen molar-refractivity contribution >= 4 is 11.6 Å². The van der Waals surface area contributed by atoms with Crippen molar-refractivity contribution in [3.05, 3.63) is 37.2 Å². The molecule has 0 bridgehead atoms. The summed E-state index contributed by atoms with van der Waals surface area (Å²) in [6, 6.07) is 0. The van der Waals surface area contributed by atoms with E-state index in [4.69, 9.17) is 0 Å². The van der Waals surface area contributed by atoms with E-state index in [0.717, 1.165) is 0 Å². The molecule has 0 aliphatic carbocycles. The lowest BCUT2D eigenvalue weighted by atomic mass is 10.4. The molecular weight excluding hydrogens is 248 g/mol. The third-order valence-corrected chi connectivity index (χ3v) is 2.90. The molecular formula is C11H12N6O2. The van der Waals surface area contributed by atoms with E-state index in [0.29, 0.717) is 11.6 Å². The van der Waals surface area contributed by atoms with Crippen molar-refractivity contribution in [2.24, 2.45) is 0 Å². The largest absolute Gasteiger partial charge is 0.369 e. The van der Waals surface area contributed by atoms with Crippen molar-refractivity contribution in [3.8, 4) is 0 Å². The van der Waals surface area contributed by atoms with Crippen LogP contribution in [0.5, 0.6) is 0 Å². The highest BCUT2D eigenvalue weighted by molar-refractivity contribution is 5.47. The standard InChI is InChI=1S/C11H12N6O2/c18-10-11(19)17(9-6-13-2-4-15-9)7-16(10)8-5-12-1-3-14-8/h1-6,10-11,18-19H,7H2. The molecule has 8 heteroatoms. The van der Waals surface area contributed by atoms with E-state index in [2.05, 4.69) is 19.9 Å². The van der Waals surface area contributed by atoms with Crippen LogP contribution in [0.15, 0.2) is 37.2 Å². The van der Waals surface area contributed by atoms with Gasteiger partial charge in [-0.05, 0) is 0 Å². The van der Waals surface area contributed by atoms with Gasteiger partial charge in [-0.1, -0.05) is 0 Å². The molecule has 2 atom stereocenters. The number of nitrogens with zero attached hydrogens (tertiary/aromatic N) is 6. The van der Waals surface area contributed by atoms with Crippen LogP contribution in [0, 0.1) is 0 Å². The molecule has 0 saturated carbocycles. The Hall–Kier alpha value is -2.32. The van der Waals surface area contributed by atoms with Crippen LogP contribution in [0.25, 0.3) is 0 Å². The Bertz CT molecular complexity index is 490. The van der Waals surface area contributed by atoms with Gasteiger partial charge in [0.25, 0.3) is 0 Å². The average Bonchev–Trinajstić information content (AvgIpc) is 2.77. The van der Waals surface area contributed by atoms with E-state index < -0.39 is 12.5 Å². The van der Waals surface area contributed by atoms with Gasteiger partial charge in [-0.25, -0.2) is 9.97 Å². The van der Waals surface area contributed by atoms with E-state index in [-0.39, 0.29) is 6.67 Å². The summed E-state index contributed by atoms with van der Waals surface area (Å²) in [5.74, 6) is 0.973. The Balaban J connectivity index is 1.88. The molecule has 2 unspecified atom stereocenters. The number of hydrogen-bond acceptors (Lipinski definition) is 8. The van der Waals surface area contributed by atoms with Gasteiger partial charge in [-0.3, -0.25) is 9.97 Å². The fraction of sp³-hybridized carbons (Fsp3) is 0.273. The molecule has 3 rings (SSSR count). The van der Waals surface area contributed by atoms with Gasteiger partial charge in [0.15, 0.2) is 24.1 Å². The smallest absolute Gasteiger partial charge is 0.175 e. The van der Waals surface area contributed by atoms with E-state index in [1.54, 1.807) is 12.4 Å². The third kappa shape index (κ3) is 2.07. The van der Waals surface area contributed by atoms with Crippen LogP contribution in [0.2, 0.25) is 0 Å². The van der Waals surface area contributed by atoms with E-state index >= 15 is 0 Å². The summed E-state index contributed by atoms with van der Waals surface area (Å²) < 4.78 is 0. The Morgan fingerprint density at radius 1 is 0.842 bits per heavy atom. The lowest BCUT2D eigenvalue weighted by Crippen LogP contribution is -2.37. The van der Waals surface area contributed by atoms with E-state index in [1.807, 2.05) is 0 Å². The molecule has 98 valence electrons. The zero-order chi connectivity index (χ0) is 13.2. The molecule has 0 spiro atoms. The predicted molar refractivity (Wildman–Crippen MR) is 65.9 cm³/mol. The van der Waals surface area contributed by atoms with Crippen molar-refractivity contribution in [1.29, 1.82) is 0 Å². The van der Waals surface area contributed by atoms with Gasteiger partial charge >= 0.3 is 0 Å². The second-order valence-corrected chi connectivity index (χ2v) is 4.04. The zero-order valence-electron chi connectivity index (χ0n) is 9.90. The Morgan fingerprint density at radius 3 is 1.68 bits per heavy atom. The number of anilines is 2. The molecule has 1 aliphatic rings. The lowest BCUT2D eigenvalue weighted by Gasteiger charge is -2.19. The molecule has 2 N–H and O–H groups in total. The molecule has 2 aromatic heterocycles. The first kappa shape index (κ1) is 11.8. The molecule has 3 heterocycles. The van der Waals surface area contributed by atoms with E-state index in [9.17, 15) is 10.2 Å². The number of aromatic nitrogens is 4. The molecule has 1 fully saturated rings. The Morgan fingerprint density at radius 2 is 1.32 bits per heavy atom. The first-order valence-corrected chi connectivity index (χ1v) is 5.69. The maximum absolute atomic E-state index is 10.1. The summed E-state index contributed by atoms with van der Waals surface area (Å²) in [6.07, 6.45) is 6.99. The van der Waals surface area contributed by atoms with Gasteiger partial charge in [-0.15, -0.1) is 0 Å². The number of aliphatic hydroxyl groups is 2. The molecule has 0 amide bonds. The van der Waals surface area contributed by atoms with Gasteiger partial charge in [0.1, 0.15) is 0 Å². The quantitative estimate of drug-likeness (QED) is 0.723. The summed E-state index contributed by atoms with van der Waals surface area (Å²) in [5, 5.41) is 20.1. The van der Waals surface area contributed by atoms with Crippen molar-refractivity contribution in [1.82, 2.24) is 19.9 Å². The summed E-state index contributed by atoms with van der Waals surface area (Å²) in [7, 11) is 0. The molecule has 8 nitrogen and oxygen atoms in total. The summed E-state index contributed by atoms with van der Waals surface area (Å²) >= 11 is 0. The summed E-state index contributed by atoms with van der Waals surface area (Å²) in [6.45, 7) is 0.250. The minimum Gasteiger partial charge on any atom is -0.369 e. The summed E-state index contributed by atoms with van der Waals surface area (Å²) in [4.78, 5) is 19.2.